The number of carbonyl (C=O) groups is 1. The Balaban J connectivity index is 1.38. The third-order valence-electron chi connectivity index (χ3n) is 5.13. The number of amides is 1. The lowest BCUT2D eigenvalue weighted by Gasteiger charge is -2.38. The van der Waals surface area contributed by atoms with E-state index in [9.17, 15) is 4.79 Å². The van der Waals surface area contributed by atoms with Crippen LogP contribution in [0.5, 0.6) is 0 Å². The minimum atomic E-state index is -0.223. The van der Waals surface area contributed by atoms with Crippen molar-refractivity contribution in [1.82, 2.24) is 9.88 Å². The molecule has 2 aliphatic heterocycles. The molecule has 0 aliphatic carbocycles. The molecular formula is C21H24N4O2. The van der Waals surface area contributed by atoms with Gasteiger partial charge in [-0.2, -0.15) is 0 Å². The predicted molar refractivity (Wildman–Crippen MR) is 104 cm³/mol. The lowest BCUT2D eigenvalue weighted by molar-refractivity contribution is -0.114. The SMILES string of the molecule is CC(=O)Nc1ccc(CN2CCCC3(CC(c4cccnc4)=NO3)C2)cc1. The number of nitrogens with one attached hydrogen (secondary N) is 1. The number of anilines is 1. The molecule has 0 bridgehead atoms. The number of hydrogen-bond donors (Lipinski definition) is 1. The van der Waals surface area contributed by atoms with Crippen LogP contribution in [0.15, 0.2) is 53.9 Å². The fourth-order valence-corrected chi connectivity index (χ4v) is 3.91. The number of aromatic nitrogens is 1. The van der Waals surface area contributed by atoms with E-state index in [0.717, 1.165) is 55.9 Å². The van der Waals surface area contributed by atoms with E-state index in [1.807, 2.05) is 30.5 Å². The Bertz CT molecular complexity index is 835. The van der Waals surface area contributed by atoms with Crippen molar-refractivity contribution in [2.75, 3.05) is 18.4 Å². The highest BCUT2D eigenvalue weighted by Crippen LogP contribution is 2.35. The first-order valence-corrected chi connectivity index (χ1v) is 9.36. The highest BCUT2D eigenvalue weighted by atomic mass is 16.7. The average molecular weight is 364 g/mol. The van der Waals surface area contributed by atoms with Crippen molar-refractivity contribution in [1.29, 1.82) is 0 Å². The van der Waals surface area contributed by atoms with E-state index in [4.69, 9.17) is 4.84 Å². The van der Waals surface area contributed by atoms with E-state index in [1.165, 1.54) is 12.5 Å². The van der Waals surface area contributed by atoms with Gasteiger partial charge in [-0.25, -0.2) is 0 Å². The summed E-state index contributed by atoms with van der Waals surface area (Å²) in [6.07, 6.45) is 6.57. The molecule has 1 amide bonds. The number of piperidine rings is 1. The molecule has 1 fully saturated rings. The molecule has 0 radical (unpaired) electrons. The van der Waals surface area contributed by atoms with Crippen LogP contribution in [0.4, 0.5) is 5.69 Å². The molecule has 0 saturated carbocycles. The molecular weight excluding hydrogens is 340 g/mol. The number of pyridine rings is 1. The average Bonchev–Trinajstić information content (AvgIpc) is 3.07. The quantitative estimate of drug-likeness (QED) is 0.905. The lowest BCUT2D eigenvalue weighted by Crippen LogP contribution is -2.47. The van der Waals surface area contributed by atoms with Gasteiger partial charge in [-0.1, -0.05) is 17.3 Å². The molecule has 1 atom stereocenters. The molecule has 1 aromatic carbocycles. The van der Waals surface area contributed by atoms with E-state index in [2.05, 4.69) is 32.5 Å². The molecule has 4 rings (SSSR count). The molecule has 6 nitrogen and oxygen atoms in total. The third kappa shape index (κ3) is 4.17. The smallest absolute Gasteiger partial charge is 0.221 e. The predicted octanol–water partition coefficient (Wildman–Crippen LogP) is 3.20. The zero-order valence-electron chi connectivity index (χ0n) is 15.5. The molecule has 1 spiro atoms. The van der Waals surface area contributed by atoms with Crippen LogP contribution in [0, 0.1) is 0 Å². The summed E-state index contributed by atoms with van der Waals surface area (Å²) in [5.41, 5.74) is 3.87. The molecule has 2 aromatic rings. The summed E-state index contributed by atoms with van der Waals surface area (Å²) >= 11 is 0. The minimum Gasteiger partial charge on any atom is -0.387 e. The van der Waals surface area contributed by atoms with Gasteiger partial charge in [-0.05, 0) is 49.2 Å². The first kappa shape index (κ1) is 17.7. The second kappa shape index (κ2) is 7.48. The number of rotatable bonds is 4. The highest BCUT2D eigenvalue weighted by molar-refractivity contribution is 6.01. The number of benzene rings is 1. The Labute approximate surface area is 159 Å². The van der Waals surface area contributed by atoms with Crippen LogP contribution in [0.1, 0.15) is 37.3 Å². The summed E-state index contributed by atoms with van der Waals surface area (Å²) < 4.78 is 0. The molecule has 1 N–H and O–H groups in total. The van der Waals surface area contributed by atoms with E-state index < -0.39 is 0 Å². The van der Waals surface area contributed by atoms with Crippen molar-refractivity contribution < 1.29 is 9.63 Å². The monoisotopic (exact) mass is 364 g/mol. The molecule has 1 aromatic heterocycles. The summed E-state index contributed by atoms with van der Waals surface area (Å²) in [5, 5.41) is 7.18. The molecule has 27 heavy (non-hydrogen) atoms. The van der Waals surface area contributed by atoms with Gasteiger partial charge in [0.05, 0.1) is 5.71 Å². The van der Waals surface area contributed by atoms with Crippen molar-refractivity contribution >= 4 is 17.3 Å². The van der Waals surface area contributed by atoms with E-state index in [-0.39, 0.29) is 11.5 Å². The van der Waals surface area contributed by atoms with Gasteiger partial charge in [-0.3, -0.25) is 14.7 Å². The largest absolute Gasteiger partial charge is 0.387 e. The van der Waals surface area contributed by atoms with Crippen LogP contribution >= 0.6 is 0 Å². The molecule has 2 aliphatic rings. The Morgan fingerprint density at radius 1 is 1.30 bits per heavy atom. The summed E-state index contributed by atoms with van der Waals surface area (Å²) in [5.74, 6) is -0.0523. The lowest BCUT2D eigenvalue weighted by atomic mass is 9.87. The number of hydrogen-bond acceptors (Lipinski definition) is 5. The zero-order chi connectivity index (χ0) is 18.7. The van der Waals surface area contributed by atoms with Gasteiger partial charge < -0.3 is 10.2 Å². The normalized spacial score (nSPS) is 22.3. The molecule has 1 unspecified atom stereocenters. The van der Waals surface area contributed by atoms with E-state index >= 15 is 0 Å². The second-order valence-electron chi connectivity index (χ2n) is 7.42. The minimum absolute atomic E-state index is 0.0523. The van der Waals surface area contributed by atoms with Crippen molar-refractivity contribution in [3.63, 3.8) is 0 Å². The van der Waals surface area contributed by atoms with Gasteiger partial charge in [0, 0.05) is 50.1 Å². The Morgan fingerprint density at radius 3 is 2.89 bits per heavy atom. The van der Waals surface area contributed by atoms with Crippen LogP contribution in [0.2, 0.25) is 0 Å². The van der Waals surface area contributed by atoms with Gasteiger partial charge in [0.1, 0.15) is 0 Å². The van der Waals surface area contributed by atoms with Gasteiger partial charge in [0.2, 0.25) is 5.91 Å². The standard InChI is InChI=1S/C21H24N4O2/c1-16(26)23-19-7-5-17(6-8-19)14-25-11-3-9-21(15-25)12-20(24-27-21)18-4-2-10-22-13-18/h2,4-8,10,13H,3,9,11-12,14-15H2,1H3,(H,23,26). The van der Waals surface area contributed by atoms with Crippen LogP contribution in [-0.2, 0) is 16.2 Å². The number of carbonyl (C=O) groups excluding carboxylic acids is 1. The maximum absolute atomic E-state index is 11.1. The molecule has 140 valence electrons. The summed E-state index contributed by atoms with van der Waals surface area (Å²) in [7, 11) is 0. The summed E-state index contributed by atoms with van der Waals surface area (Å²) in [6, 6.07) is 12.0. The highest BCUT2D eigenvalue weighted by Gasteiger charge is 2.43. The van der Waals surface area contributed by atoms with Gasteiger partial charge in [-0.15, -0.1) is 0 Å². The first-order chi connectivity index (χ1) is 13.1. The maximum atomic E-state index is 11.1. The van der Waals surface area contributed by atoms with Crippen molar-refractivity contribution in [3.8, 4) is 0 Å². The topological polar surface area (TPSA) is 66.8 Å². The molecule has 3 heterocycles. The van der Waals surface area contributed by atoms with E-state index in [1.54, 1.807) is 6.20 Å². The van der Waals surface area contributed by atoms with Crippen LogP contribution in [0.3, 0.4) is 0 Å². The fraction of sp³-hybridized carbons (Fsp3) is 0.381. The Hall–Kier alpha value is -2.73. The summed E-state index contributed by atoms with van der Waals surface area (Å²) in [4.78, 5) is 23.7. The van der Waals surface area contributed by atoms with Gasteiger partial charge >= 0.3 is 0 Å². The van der Waals surface area contributed by atoms with Crippen LogP contribution in [-0.4, -0.2) is 40.2 Å². The first-order valence-electron chi connectivity index (χ1n) is 9.36. The number of nitrogens with zero attached hydrogens (tertiary/aromatic N) is 3. The number of oxime groups is 1. The Kier molecular flexibility index (Phi) is 4.90. The van der Waals surface area contributed by atoms with Gasteiger partial charge in [0.15, 0.2) is 5.60 Å². The Morgan fingerprint density at radius 2 is 2.15 bits per heavy atom. The van der Waals surface area contributed by atoms with Crippen molar-refractivity contribution in [2.45, 2.75) is 38.3 Å². The van der Waals surface area contributed by atoms with Crippen LogP contribution in [0.25, 0.3) is 0 Å². The maximum Gasteiger partial charge on any atom is 0.221 e. The van der Waals surface area contributed by atoms with Crippen molar-refractivity contribution in [2.24, 2.45) is 5.16 Å². The third-order valence-corrected chi connectivity index (χ3v) is 5.13. The fourth-order valence-electron chi connectivity index (χ4n) is 3.91. The van der Waals surface area contributed by atoms with Crippen LogP contribution < -0.4 is 5.32 Å². The zero-order valence-corrected chi connectivity index (χ0v) is 15.5. The molecule has 6 heteroatoms. The van der Waals surface area contributed by atoms with Crippen molar-refractivity contribution in [3.05, 3.63) is 59.9 Å². The second-order valence-corrected chi connectivity index (χ2v) is 7.42. The summed E-state index contributed by atoms with van der Waals surface area (Å²) in [6.45, 7) is 4.31. The molecule has 1 saturated heterocycles. The van der Waals surface area contributed by atoms with Gasteiger partial charge in [0.25, 0.3) is 0 Å². The number of likely N-dealkylation sites (tertiary alicyclic amines) is 1. The van der Waals surface area contributed by atoms with E-state index in [0.29, 0.717) is 0 Å².